The van der Waals surface area contributed by atoms with Crippen molar-refractivity contribution in [2.75, 3.05) is 32.5 Å². The summed E-state index contributed by atoms with van der Waals surface area (Å²) in [5.74, 6) is -0.474. The Hall–Kier alpha value is -1.67. The standard InChI is InChI=1S/C16H26FN3O3S/c1-5-18-15(20-12-16(2,3)23-4)19-10-11-24(21,22)14-9-7-6-8-13(14)17/h6-9H,5,10-12H2,1-4H3,(H2,18,19,20). The van der Waals surface area contributed by atoms with Gasteiger partial charge in [-0.2, -0.15) is 0 Å². The smallest absolute Gasteiger partial charge is 0.191 e. The minimum atomic E-state index is -3.69. The van der Waals surface area contributed by atoms with E-state index < -0.39 is 21.3 Å². The molecule has 0 radical (unpaired) electrons. The molecule has 0 atom stereocenters. The molecule has 0 aliphatic carbocycles. The van der Waals surface area contributed by atoms with Gasteiger partial charge in [0.25, 0.3) is 0 Å². The number of ether oxygens (including phenoxy) is 1. The summed E-state index contributed by atoms with van der Waals surface area (Å²) >= 11 is 0. The van der Waals surface area contributed by atoms with Gasteiger partial charge in [-0.1, -0.05) is 12.1 Å². The fourth-order valence-corrected chi connectivity index (χ4v) is 3.03. The van der Waals surface area contributed by atoms with Gasteiger partial charge >= 0.3 is 0 Å². The van der Waals surface area contributed by atoms with Gasteiger partial charge < -0.3 is 15.4 Å². The van der Waals surface area contributed by atoms with Gasteiger partial charge in [0.05, 0.1) is 17.9 Å². The van der Waals surface area contributed by atoms with Crippen molar-refractivity contribution in [1.29, 1.82) is 0 Å². The SMILES string of the molecule is CCNC(=NCC(C)(C)OC)NCCS(=O)(=O)c1ccccc1F. The minimum Gasteiger partial charge on any atom is -0.377 e. The number of nitrogens with one attached hydrogen (secondary N) is 2. The highest BCUT2D eigenvalue weighted by molar-refractivity contribution is 7.91. The second kappa shape index (κ2) is 8.98. The highest BCUT2D eigenvalue weighted by Crippen LogP contribution is 2.14. The van der Waals surface area contributed by atoms with Crippen molar-refractivity contribution >= 4 is 15.8 Å². The molecular formula is C16H26FN3O3S. The number of guanidine groups is 1. The van der Waals surface area contributed by atoms with Crippen LogP contribution >= 0.6 is 0 Å². The van der Waals surface area contributed by atoms with Gasteiger partial charge in [-0.3, -0.25) is 4.99 Å². The number of sulfone groups is 1. The van der Waals surface area contributed by atoms with Crippen LogP contribution in [0.25, 0.3) is 0 Å². The van der Waals surface area contributed by atoms with E-state index in [1.54, 1.807) is 7.11 Å². The highest BCUT2D eigenvalue weighted by Gasteiger charge is 2.19. The number of benzene rings is 1. The molecule has 1 rings (SSSR count). The molecular weight excluding hydrogens is 333 g/mol. The molecule has 0 unspecified atom stereocenters. The first kappa shape index (κ1) is 20.4. The lowest BCUT2D eigenvalue weighted by Gasteiger charge is -2.21. The van der Waals surface area contributed by atoms with Crippen LogP contribution in [0.3, 0.4) is 0 Å². The molecule has 0 aliphatic rings. The fraction of sp³-hybridized carbons (Fsp3) is 0.562. The maximum atomic E-state index is 13.6. The lowest BCUT2D eigenvalue weighted by molar-refractivity contribution is 0.0310. The van der Waals surface area contributed by atoms with Crippen LogP contribution in [-0.4, -0.2) is 52.5 Å². The number of aliphatic imine (C=N–C) groups is 1. The Balaban J connectivity index is 2.68. The summed E-state index contributed by atoms with van der Waals surface area (Å²) in [7, 11) is -2.09. The van der Waals surface area contributed by atoms with E-state index in [1.807, 2.05) is 20.8 Å². The van der Waals surface area contributed by atoms with Crippen molar-refractivity contribution in [3.8, 4) is 0 Å². The van der Waals surface area contributed by atoms with E-state index >= 15 is 0 Å². The Kier molecular flexibility index (Phi) is 7.62. The van der Waals surface area contributed by atoms with Crippen molar-refractivity contribution in [1.82, 2.24) is 10.6 Å². The van der Waals surface area contributed by atoms with Crippen molar-refractivity contribution in [3.63, 3.8) is 0 Å². The summed E-state index contributed by atoms with van der Waals surface area (Å²) in [5.41, 5.74) is -0.415. The average molecular weight is 359 g/mol. The Bertz CT molecular complexity index is 660. The molecule has 0 bridgehead atoms. The van der Waals surface area contributed by atoms with Crippen LogP contribution in [0.15, 0.2) is 34.2 Å². The molecule has 0 saturated heterocycles. The molecule has 0 aromatic heterocycles. The van der Waals surface area contributed by atoms with Gasteiger partial charge in [0.2, 0.25) is 0 Å². The third kappa shape index (κ3) is 6.45. The van der Waals surface area contributed by atoms with Crippen molar-refractivity contribution in [2.45, 2.75) is 31.3 Å². The molecule has 8 heteroatoms. The third-order valence-corrected chi connectivity index (χ3v) is 5.09. The molecule has 2 N–H and O–H groups in total. The van der Waals surface area contributed by atoms with E-state index in [1.165, 1.54) is 18.2 Å². The van der Waals surface area contributed by atoms with E-state index in [0.29, 0.717) is 19.0 Å². The number of hydrogen-bond acceptors (Lipinski definition) is 4. The molecule has 6 nitrogen and oxygen atoms in total. The van der Waals surface area contributed by atoms with Crippen LogP contribution in [0.4, 0.5) is 4.39 Å². The topological polar surface area (TPSA) is 79.8 Å². The molecule has 0 heterocycles. The average Bonchev–Trinajstić information content (AvgIpc) is 2.53. The van der Waals surface area contributed by atoms with Crippen LogP contribution in [0.5, 0.6) is 0 Å². The fourth-order valence-electron chi connectivity index (χ4n) is 1.79. The number of hydrogen-bond donors (Lipinski definition) is 2. The summed E-state index contributed by atoms with van der Waals surface area (Å²) in [4.78, 5) is 4.08. The summed E-state index contributed by atoms with van der Waals surface area (Å²) in [5, 5.41) is 5.98. The Morgan fingerprint density at radius 1 is 1.29 bits per heavy atom. The quantitative estimate of drug-likeness (QED) is 0.544. The van der Waals surface area contributed by atoms with Crippen LogP contribution in [0.1, 0.15) is 20.8 Å². The number of nitrogens with zero attached hydrogens (tertiary/aromatic N) is 1. The van der Waals surface area contributed by atoms with E-state index in [-0.39, 0.29) is 17.2 Å². The predicted molar refractivity (Wildman–Crippen MR) is 93.5 cm³/mol. The monoisotopic (exact) mass is 359 g/mol. The normalized spacial score (nSPS) is 13.0. The van der Waals surface area contributed by atoms with E-state index in [9.17, 15) is 12.8 Å². The summed E-state index contributed by atoms with van der Waals surface area (Å²) in [6, 6.07) is 5.37. The molecule has 0 aliphatic heterocycles. The minimum absolute atomic E-state index is 0.121. The summed E-state index contributed by atoms with van der Waals surface area (Å²) in [6.07, 6.45) is 0. The van der Waals surface area contributed by atoms with E-state index in [4.69, 9.17) is 4.74 Å². The lowest BCUT2D eigenvalue weighted by atomic mass is 10.1. The van der Waals surface area contributed by atoms with Gasteiger partial charge in [-0.15, -0.1) is 0 Å². The van der Waals surface area contributed by atoms with Crippen LogP contribution in [-0.2, 0) is 14.6 Å². The lowest BCUT2D eigenvalue weighted by Crippen LogP contribution is -2.41. The molecule has 136 valence electrons. The highest BCUT2D eigenvalue weighted by atomic mass is 32.2. The van der Waals surface area contributed by atoms with Crippen LogP contribution in [0, 0.1) is 5.82 Å². The van der Waals surface area contributed by atoms with Crippen molar-refractivity contribution < 1.29 is 17.5 Å². The predicted octanol–water partition coefficient (Wildman–Crippen LogP) is 1.58. The second-order valence-electron chi connectivity index (χ2n) is 5.84. The maximum Gasteiger partial charge on any atom is 0.191 e. The van der Waals surface area contributed by atoms with Gasteiger partial charge in [0, 0.05) is 20.2 Å². The molecule has 0 saturated carbocycles. The first-order valence-electron chi connectivity index (χ1n) is 7.76. The first-order chi connectivity index (χ1) is 11.2. The Morgan fingerprint density at radius 2 is 1.96 bits per heavy atom. The summed E-state index contributed by atoms with van der Waals surface area (Å²) < 4.78 is 43.3. The second-order valence-corrected chi connectivity index (χ2v) is 7.91. The number of rotatable bonds is 8. The van der Waals surface area contributed by atoms with Gasteiger partial charge in [0.15, 0.2) is 15.8 Å². The van der Waals surface area contributed by atoms with E-state index in [2.05, 4.69) is 15.6 Å². The zero-order valence-corrected chi connectivity index (χ0v) is 15.4. The van der Waals surface area contributed by atoms with Crippen LogP contribution in [0.2, 0.25) is 0 Å². The zero-order chi connectivity index (χ0) is 18.2. The number of methoxy groups -OCH3 is 1. The van der Waals surface area contributed by atoms with Crippen molar-refractivity contribution in [2.24, 2.45) is 4.99 Å². The van der Waals surface area contributed by atoms with Gasteiger partial charge in [-0.25, -0.2) is 12.8 Å². The summed E-state index contributed by atoms with van der Waals surface area (Å²) in [6.45, 7) is 6.90. The molecule has 0 fully saturated rings. The molecule has 0 amide bonds. The van der Waals surface area contributed by atoms with Gasteiger partial charge in [0.1, 0.15) is 10.7 Å². The number of halogens is 1. The van der Waals surface area contributed by atoms with Crippen LogP contribution < -0.4 is 10.6 Å². The Morgan fingerprint density at radius 3 is 2.54 bits per heavy atom. The van der Waals surface area contributed by atoms with Gasteiger partial charge in [-0.05, 0) is 32.9 Å². The molecule has 1 aromatic rings. The molecule has 0 spiro atoms. The molecule has 1 aromatic carbocycles. The third-order valence-electron chi connectivity index (χ3n) is 3.35. The molecule has 24 heavy (non-hydrogen) atoms. The Labute approximate surface area is 143 Å². The van der Waals surface area contributed by atoms with E-state index in [0.717, 1.165) is 6.07 Å². The van der Waals surface area contributed by atoms with Crippen molar-refractivity contribution in [3.05, 3.63) is 30.1 Å². The zero-order valence-electron chi connectivity index (χ0n) is 14.6. The maximum absolute atomic E-state index is 13.6. The first-order valence-corrected chi connectivity index (χ1v) is 9.41. The largest absolute Gasteiger partial charge is 0.377 e.